The minimum absolute atomic E-state index is 0.408. The third kappa shape index (κ3) is 5.37. The zero-order valence-corrected chi connectivity index (χ0v) is 14.5. The van der Waals surface area contributed by atoms with Crippen LogP contribution in [0.5, 0.6) is 0 Å². The van der Waals surface area contributed by atoms with Crippen molar-refractivity contribution in [2.24, 2.45) is 5.73 Å². The van der Waals surface area contributed by atoms with Gasteiger partial charge in [0.15, 0.2) is 0 Å². The van der Waals surface area contributed by atoms with E-state index in [1.54, 1.807) is 6.92 Å². The van der Waals surface area contributed by atoms with Gasteiger partial charge >= 0.3 is 0 Å². The number of hydroxylamine groups is 1. The second-order valence-electron chi connectivity index (χ2n) is 5.87. The number of aliphatic hydroxyl groups excluding tert-OH is 1. The quantitative estimate of drug-likeness (QED) is 0.542. The fraction of sp³-hybridized carbons (Fsp3) is 0.316. The fourth-order valence-corrected chi connectivity index (χ4v) is 2.52. The molecule has 0 fully saturated rings. The molecule has 0 spiro atoms. The highest BCUT2D eigenvalue weighted by Crippen LogP contribution is 2.20. The topological polar surface area (TPSA) is 96.6 Å². The molecular weight excluding hydrogens is 318 g/mol. The van der Waals surface area contributed by atoms with Crippen molar-refractivity contribution in [3.63, 3.8) is 0 Å². The first-order valence-corrected chi connectivity index (χ1v) is 8.17. The van der Waals surface area contributed by atoms with E-state index in [0.29, 0.717) is 13.1 Å². The molecule has 134 valence electrons. The molecule has 0 saturated carbocycles. The van der Waals surface area contributed by atoms with Gasteiger partial charge in [0.2, 0.25) is 0 Å². The summed E-state index contributed by atoms with van der Waals surface area (Å²) >= 11 is 0. The molecule has 0 heterocycles. The average molecular weight is 343 g/mol. The van der Waals surface area contributed by atoms with E-state index in [1.807, 2.05) is 48.5 Å². The van der Waals surface area contributed by atoms with Crippen molar-refractivity contribution in [2.45, 2.75) is 32.2 Å². The van der Waals surface area contributed by atoms with Crippen LogP contribution in [0.2, 0.25) is 0 Å². The molecule has 0 aromatic heterocycles. The van der Waals surface area contributed by atoms with E-state index in [0.717, 1.165) is 22.3 Å². The molecule has 5 N–H and O–H groups in total. The second-order valence-corrected chi connectivity index (χ2v) is 5.87. The van der Waals surface area contributed by atoms with Crippen molar-refractivity contribution in [3.05, 3.63) is 59.7 Å². The van der Waals surface area contributed by atoms with E-state index >= 15 is 0 Å². The van der Waals surface area contributed by atoms with Gasteiger partial charge in [0.25, 0.3) is 5.91 Å². The third-order valence-electron chi connectivity index (χ3n) is 3.97. The summed E-state index contributed by atoms with van der Waals surface area (Å²) in [5, 5.41) is 12.8. The number of benzene rings is 2. The van der Waals surface area contributed by atoms with Crippen LogP contribution in [-0.2, 0) is 22.7 Å². The first kappa shape index (κ1) is 19.1. The van der Waals surface area contributed by atoms with E-state index < -0.39 is 18.1 Å². The van der Waals surface area contributed by atoms with Crippen LogP contribution in [0.3, 0.4) is 0 Å². The molecule has 25 heavy (non-hydrogen) atoms. The van der Waals surface area contributed by atoms with E-state index in [4.69, 9.17) is 5.73 Å². The third-order valence-corrected chi connectivity index (χ3v) is 3.97. The molecule has 0 aliphatic heterocycles. The van der Waals surface area contributed by atoms with E-state index in [1.165, 1.54) is 7.11 Å². The Labute approximate surface area is 148 Å². The van der Waals surface area contributed by atoms with E-state index in [9.17, 15) is 9.90 Å². The van der Waals surface area contributed by atoms with Crippen molar-refractivity contribution in [3.8, 4) is 11.1 Å². The first-order chi connectivity index (χ1) is 12.0. The molecule has 0 aliphatic rings. The predicted molar refractivity (Wildman–Crippen MR) is 97.2 cm³/mol. The Bertz CT molecular complexity index is 669. The highest BCUT2D eigenvalue weighted by Gasteiger charge is 2.22. The number of hydrogen-bond acceptors (Lipinski definition) is 5. The molecule has 0 bridgehead atoms. The minimum Gasteiger partial charge on any atom is -0.391 e. The van der Waals surface area contributed by atoms with Gasteiger partial charge in [-0.1, -0.05) is 48.5 Å². The molecule has 0 unspecified atom stereocenters. The highest BCUT2D eigenvalue weighted by atomic mass is 16.6. The summed E-state index contributed by atoms with van der Waals surface area (Å²) in [6.07, 6.45) is -0.838. The van der Waals surface area contributed by atoms with Gasteiger partial charge in [-0.05, 0) is 29.2 Å². The lowest BCUT2D eigenvalue weighted by Crippen LogP contribution is -2.49. The van der Waals surface area contributed by atoms with Crippen LogP contribution in [0, 0.1) is 0 Å². The maximum absolute atomic E-state index is 11.8. The average Bonchev–Trinajstić information content (AvgIpc) is 2.62. The molecule has 0 aliphatic carbocycles. The molecule has 0 radical (unpaired) electrons. The summed E-state index contributed by atoms with van der Waals surface area (Å²) in [4.78, 5) is 16.4. The maximum Gasteiger partial charge on any atom is 0.263 e. The second kappa shape index (κ2) is 9.29. The molecule has 2 aromatic rings. The van der Waals surface area contributed by atoms with Crippen LogP contribution in [0.15, 0.2) is 48.5 Å². The zero-order valence-electron chi connectivity index (χ0n) is 14.5. The predicted octanol–water partition coefficient (Wildman–Crippen LogP) is 1.33. The van der Waals surface area contributed by atoms with Crippen LogP contribution in [0.25, 0.3) is 11.1 Å². The lowest BCUT2D eigenvalue weighted by atomic mass is 10.0. The Balaban J connectivity index is 2.00. The Kier molecular flexibility index (Phi) is 7.09. The van der Waals surface area contributed by atoms with Crippen LogP contribution in [0.4, 0.5) is 0 Å². The molecule has 6 nitrogen and oxygen atoms in total. The number of amides is 1. The zero-order chi connectivity index (χ0) is 18.2. The smallest absolute Gasteiger partial charge is 0.263 e. The Morgan fingerprint density at radius 2 is 1.60 bits per heavy atom. The number of carbonyl (C=O) groups is 1. The van der Waals surface area contributed by atoms with Crippen molar-refractivity contribution in [2.75, 3.05) is 7.11 Å². The highest BCUT2D eigenvalue weighted by molar-refractivity contribution is 5.81. The van der Waals surface area contributed by atoms with Gasteiger partial charge in [-0.25, -0.2) is 5.48 Å². The van der Waals surface area contributed by atoms with Gasteiger partial charge in [0.1, 0.15) is 6.04 Å². The summed E-state index contributed by atoms with van der Waals surface area (Å²) in [6, 6.07) is 15.4. The fourth-order valence-electron chi connectivity index (χ4n) is 2.52. The largest absolute Gasteiger partial charge is 0.391 e. The van der Waals surface area contributed by atoms with Crippen LogP contribution >= 0.6 is 0 Å². The lowest BCUT2D eigenvalue weighted by molar-refractivity contribution is -0.136. The van der Waals surface area contributed by atoms with Gasteiger partial charge in [-0.3, -0.25) is 14.9 Å². The summed E-state index contributed by atoms with van der Waals surface area (Å²) in [5.41, 5.74) is 12.2. The monoisotopic (exact) mass is 343 g/mol. The standard InChI is InChI=1S/C19H25N3O3/c1-13(23)18(19(24)22-25-2)21-12-15-5-9-17(10-6-15)16-7-3-14(11-20)4-8-16/h3-10,13,18,21,23H,11-12,20H2,1-2H3,(H,22,24)/t13-,18+/m1/s1. The summed E-state index contributed by atoms with van der Waals surface area (Å²) in [5.74, 6) is -0.408. The van der Waals surface area contributed by atoms with Crippen LogP contribution < -0.4 is 16.5 Å². The van der Waals surface area contributed by atoms with Crippen molar-refractivity contribution >= 4 is 5.91 Å². The number of nitrogens with one attached hydrogen (secondary N) is 2. The number of hydrogen-bond donors (Lipinski definition) is 4. The van der Waals surface area contributed by atoms with Gasteiger partial charge in [0, 0.05) is 13.1 Å². The van der Waals surface area contributed by atoms with E-state index in [-0.39, 0.29) is 0 Å². The molecule has 2 rings (SSSR count). The summed E-state index contributed by atoms with van der Waals surface area (Å²) in [6.45, 7) is 2.55. The van der Waals surface area contributed by atoms with Crippen LogP contribution in [-0.4, -0.2) is 30.3 Å². The minimum atomic E-state index is -0.838. The maximum atomic E-state index is 11.8. The number of carbonyl (C=O) groups excluding carboxylic acids is 1. The van der Waals surface area contributed by atoms with Gasteiger partial charge in [0.05, 0.1) is 13.2 Å². The Hall–Kier alpha value is -2.25. The molecule has 0 saturated heterocycles. The van der Waals surface area contributed by atoms with Crippen molar-refractivity contribution in [1.29, 1.82) is 0 Å². The summed E-state index contributed by atoms with van der Waals surface area (Å²) < 4.78 is 0. The normalized spacial score (nSPS) is 13.3. The molecular formula is C19H25N3O3. The molecule has 1 amide bonds. The number of aliphatic hydroxyl groups is 1. The Morgan fingerprint density at radius 3 is 2.04 bits per heavy atom. The Morgan fingerprint density at radius 1 is 1.08 bits per heavy atom. The van der Waals surface area contributed by atoms with Gasteiger partial charge < -0.3 is 10.8 Å². The lowest BCUT2D eigenvalue weighted by Gasteiger charge is -2.20. The van der Waals surface area contributed by atoms with E-state index in [2.05, 4.69) is 15.6 Å². The molecule has 6 heteroatoms. The van der Waals surface area contributed by atoms with Crippen molar-refractivity contribution in [1.82, 2.24) is 10.8 Å². The van der Waals surface area contributed by atoms with Gasteiger partial charge in [-0.2, -0.15) is 0 Å². The molecule has 2 atom stereocenters. The number of nitrogens with two attached hydrogens (primary N) is 1. The summed E-state index contributed by atoms with van der Waals surface area (Å²) in [7, 11) is 1.36. The first-order valence-electron chi connectivity index (χ1n) is 8.17. The van der Waals surface area contributed by atoms with Crippen LogP contribution in [0.1, 0.15) is 18.1 Å². The van der Waals surface area contributed by atoms with Gasteiger partial charge in [-0.15, -0.1) is 0 Å². The number of rotatable bonds is 8. The van der Waals surface area contributed by atoms with Crippen molar-refractivity contribution < 1.29 is 14.7 Å². The molecule has 2 aromatic carbocycles. The SMILES string of the molecule is CONC(=O)[C@@H](NCc1ccc(-c2ccc(CN)cc2)cc1)[C@@H](C)O.